The van der Waals surface area contributed by atoms with Gasteiger partial charge in [-0.15, -0.1) is 0 Å². The predicted molar refractivity (Wildman–Crippen MR) is 53.0 cm³/mol. The summed E-state index contributed by atoms with van der Waals surface area (Å²) in [7, 11) is -2.48. The molecule has 1 aromatic rings. The van der Waals surface area contributed by atoms with Gasteiger partial charge in [0.05, 0.1) is 11.4 Å². The van der Waals surface area contributed by atoms with Crippen LogP contribution in [0.5, 0.6) is 0 Å². The smallest absolute Gasteiger partial charge is 0.251 e. The van der Waals surface area contributed by atoms with E-state index in [9.17, 15) is 13.6 Å². The van der Waals surface area contributed by atoms with Crippen molar-refractivity contribution in [3.05, 3.63) is 29.5 Å². The number of benzene rings is 1. The highest BCUT2D eigenvalue weighted by Gasteiger charge is 2.14. The van der Waals surface area contributed by atoms with E-state index in [1.54, 1.807) is 24.3 Å². The van der Waals surface area contributed by atoms with Crippen LogP contribution >= 0.6 is 0 Å². The van der Waals surface area contributed by atoms with Gasteiger partial charge in [0.2, 0.25) is 5.11 Å². The SMILES string of the molecule is O=S(=O)=C1Nc2ccccc2N([O-])N1. The van der Waals surface area contributed by atoms with E-state index in [-0.39, 0.29) is 5.11 Å². The number of nitrogens with zero attached hydrogens (tertiary/aromatic N) is 1. The molecule has 0 radical (unpaired) electrons. The maximum absolute atomic E-state index is 11.3. The first-order valence-corrected chi connectivity index (χ1v) is 4.82. The van der Waals surface area contributed by atoms with Gasteiger partial charge in [-0.1, -0.05) is 12.1 Å². The molecule has 1 aliphatic heterocycles. The topological polar surface area (TPSA) is 84.5 Å². The quantitative estimate of drug-likeness (QED) is 0.583. The lowest BCUT2D eigenvalue weighted by Gasteiger charge is -2.36. The Morgan fingerprint density at radius 2 is 2.00 bits per heavy atom. The standard InChI is InChI=1S/C7H6N3O3S/c11-10-6-4-2-1-3-5(6)8-7(9-10)14(12)13/h1-4,8-9H/q-1. The molecule has 0 saturated heterocycles. The molecule has 0 bridgehead atoms. The van der Waals surface area contributed by atoms with Crippen LogP contribution in [0.4, 0.5) is 11.4 Å². The molecule has 0 saturated carbocycles. The van der Waals surface area contributed by atoms with Crippen LogP contribution in [0.25, 0.3) is 0 Å². The number of nitrogens with one attached hydrogen (secondary N) is 2. The third-order valence-electron chi connectivity index (χ3n) is 1.74. The maximum atomic E-state index is 11.3. The van der Waals surface area contributed by atoms with Crippen molar-refractivity contribution in [2.45, 2.75) is 0 Å². The second-order valence-corrected chi connectivity index (χ2v) is 3.49. The summed E-state index contributed by atoms with van der Waals surface area (Å²) in [4.78, 5) is 0. The average molecular weight is 212 g/mol. The minimum Gasteiger partial charge on any atom is -0.743 e. The van der Waals surface area contributed by atoms with Gasteiger partial charge in [-0.2, -0.15) is 13.8 Å². The molecule has 1 heterocycles. The van der Waals surface area contributed by atoms with Crippen molar-refractivity contribution in [2.75, 3.05) is 10.5 Å². The van der Waals surface area contributed by atoms with Crippen molar-refractivity contribution >= 4 is 26.8 Å². The lowest BCUT2D eigenvalue weighted by Crippen LogP contribution is -2.46. The zero-order valence-electron chi connectivity index (χ0n) is 6.89. The predicted octanol–water partition coefficient (Wildman–Crippen LogP) is -0.113. The Bertz CT molecular complexity index is 489. The number of anilines is 2. The maximum Gasteiger partial charge on any atom is 0.251 e. The zero-order valence-corrected chi connectivity index (χ0v) is 7.71. The van der Waals surface area contributed by atoms with Crippen LogP contribution in [0.2, 0.25) is 0 Å². The van der Waals surface area contributed by atoms with Crippen LogP contribution in [0, 0.1) is 5.21 Å². The summed E-state index contributed by atoms with van der Waals surface area (Å²) in [5, 5.41) is 14.0. The van der Waals surface area contributed by atoms with E-state index in [0.717, 1.165) is 0 Å². The van der Waals surface area contributed by atoms with Gasteiger partial charge in [-0.3, -0.25) is 0 Å². The van der Waals surface area contributed by atoms with Gasteiger partial charge < -0.3 is 15.7 Å². The van der Waals surface area contributed by atoms with Crippen LogP contribution in [-0.4, -0.2) is 13.5 Å². The van der Waals surface area contributed by atoms with Gasteiger partial charge in [0.25, 0.3) is 10.3 Å². The van der Waals surface area contributed by atoms with E-state index in [1.165, 1.54) is 0 Å². The molecule has 0 aliphatic carbocycles. The van der Waals surface area contributed by atoms with E-state index in [2.05, 4.69) is 10.7 Å². The Labute approximate surface area is 81.2 Å². The van der Waals surface area contributed by atoms with Gasteiger partial charge >= 0.3 is 0 Å². The molecule has 0 fully saturated rings. The van der Waals surface area contributed by atoms with E-state index < -0.39 is 10.3 Å². The highest BCUT2D eigenvalue weighted by Crippen LogP contribution is 2.25. The first kappa shape index (κ1) is 9.00. The molecule has 0 aromatic heterocycles. The van der Waals surface area contributed by atoms with Gasteiger partial charge in [0, 0.05) is 0 Å². The second kappa shape index (κ2) is 3.29. The molecule has 7 heteroatoms. The number of hydrazine groups is 1. The minimum atomic E-state index is -2.48. The third kappa shape index (κ3) is 1.43. The highest BCUT2D eigenvalue weighted by atomic mass is 32.2. The van der Waals surface area contributed by atoms with Crippen molar-refractivity contribution in [1.29, 1.82) is 0 Å². The van der Waals surface area contributed by atoms with Crippen molar-refractivity contribution in [1.82, 2.24) is 5.43 Å². The Kier molecular flexibility index (Phi) is 2.12. The number of rotatable bonds is 0. The molecule has 0 spiro atoms. The number of hydrogen-bond donors (Lipinski definition) is 2. The van der Waals surface area contributed by atoms with Crippen LogP contribution in [0.15, 0.2) is 24.3 Å². The van der Waals surface area contributed by atoms with E-state index >= 15 is 0 Å². The fourth-order valence-electron chi connectivity index (χ4n) is 1.14. The van der Waals surface area contributed by atoms with Crippen molar-refractivity contribution < 1.29 is 8.42 Å². The van der Waals surface area contributed by atoms with Crippen LogP contribution in [-0.2, 0) is 10.3 Å². The molecule has 0 unspecified atom stereocenters. The van der Waals surface area contributed by atoms with Gasteiger partial charge in [0.1, 0.15) is 0 Å². The Balaban J connectivity index is 2.54. The molecular formula is C7H6N3O3S-. The molecule has 0 amide bonds. The fourth-order valence-corrected chi connectivity index (χ4v) is 1.49. The second-order valence-electron chi connectivity index (χ2n) is 2.61. The van der Waals surface area contributed by atoms with E-state index in [4.69, 9.17) is 0 Å². The molecule has 14 heavy (non-hydrogen) atoms. The van der Waals surface area contributed by atoms with Crippen molar-refractivity contribution in [3.63, 3.8) is 0 Å². The minimum absolute atomic E-state index is 0.251. The summed E-state index contributed by atoms with van der Waals surface area (Å²) in [5.41, 5.74) is 2.95. The van der Waals surface area contributed by atoms with Crippen molar-refractivity contribution in [3.8, 4) is 0 Å². The van der Waals surface area contributed by atoms with Gasteiger partial charge in [-0.25, -0.2) is 0 Å². The van der Waals surface area contributed by atoms with Gasteiger partial charge in [-0.05, 0) is 12.1 Å². The molecule has 1 aliphatic rings. The normalized spacial score (nSPS) is 14.6. The summed E-state index contributed by atoms with van der Waals surface area (Å²) in [6, 6.07) is 6.59. The lowest BCUT2D eigenvalue weighted by molar-refractivity contribution is 0.626. The largest absolute Gasteiger partial charge is 0.743 e. The van der Waals surface area contributed by atoms with Crippen LogP contribution < -0.4 is 15.9 Å². The molecule has 2 N–H and O–H groups in total. The summed E-state index contributed by atoms with van der Waals surface area (Å²) >= 11 is 0. The average Bonchev–Trinajstić information content (AvgIpc) is 2.17. The number of fused-ring (bicyclic) bond motifs is 1. The third-order valence-corrected chi connectivity index (χ3v) is 2.27. The first-order chi connectivity index (χ1) is 6.68. The monoisotopic (exact) mass is 212 g/mol. The molecule has 74 valence electrons. The van der Waals surface area contributed by atoms with Crippen molar-refractivity contribution in [2.24, 2.45) is 0 Å². The Morgan fingerprint density at radius 1 is 1.29 bits per heavy atom. The highest BCUT2D eigenvalue weighted by molar-refractivity contribution is 7.73. The molecular weight excluding hydrogens is 206 g/mol. The Morgan fingerprint density at radius 3 is 2.71 bits per heavy atom. The fraction of sp³-hybridized carbons (Fsp3) is 0. The molecule has 2 rings (SSSR count). The lowest BCUT2D eigenvalue weighted by atomic mass is 10.2. The summed E-state index contributed by atoms with van der Waals surface area (Å²) in [5.74, 6) is 0. The summed E-state index contributed by atoms with van der Waals surface area (Å²) in [6.45, 7) is 0. The van der Waals surface area contributed by atoms with Gasteiger partial charge in [0.15, 0.2) is 0 Å². The Hall–Kier alpha value is -1.57. The van der Waals surface area contributed by atoms with E-state index in [0.29, 0.717) is 16.5 Å². The van der Waals surface area contributed by atoms with Crippen LogP contribution in [0.3, 0.4) is 0 Å². The van der Waals surface area contributed by atoms with Crippen LogP contribution in [0.1, 0.15) is 0 Å². The number of para-hydroxylation sites is 2. The molecule has 1 aromatic carbocycles. The number of hydrogen-bond acceptors (Lipinski definition) is 4. The van der Waals surface area contributed by atoms with E-state index in [1.807, 2.05) is 0 Å². The first-order valence-electron chi connectivity index (χ1n) is 3.74. The summed E-state index contributed by atoms with van der Waals surface area (Å²) < 4.78 is 21.2. The molecule has 0 atom stereocenters. The molecule has 6 nitrogen and oxygen atoms in total. The summed E-state index contributed by atoms with van der Waals surface area (Å²) in [6.07, 6.45) is 0. The zero-order chi connectivity index (χ0) is 10.1.